The van der Waals surface area contributed by atoms with E-state index in [2.05, 4.69) is 37.4 Å². The number of hydrogen-bond acceptors (Lipinski definition) is 2. The molecule has 2 rings (SSSR count). The van der Waals surface area contributed by atoms with Gasteiger partial charge in [0.05, 0.1) is 12.1 Å². The van der Waals surface area contributed by atoms with Gasteiger partial charge in [0.15, 0.2) is 0 Å². The van der Waals surface area contributed by atoms with Crippen LogP contribution in [0.15, 0.2) is 24.3 Å². The van der Waals surface area contributed by atoms with E-state index in [9.17, 15) is 9.90 Å². The van der Waals surface area contributed by atoms with Crippen molar-refractivity contribution in [1.29, 1.82) is 0 Å². The largest absolute Gasteiger partial charge is 0.392 e. The second-order valence-electron chi connectivity index (χ2n) is 6.74. The number of hydrogen-bond donors (Lipinski definition) is 2. The number of aliphatic hydroxyl groups excluding tert-OH is 1. The molecule has 2 amide bonds. The van der Waals surface area contributed by atoms with Crippen molar-refractivity contribution in [3.63, 3.8) is 0 Å². The molecule has 0 bridgehead atoms. The van der Waals surface area contributed by atoms with Crippen molar-refractivity contribution in [2.75, 3.05) is 13.6 Å². The van der Waals surface area contributed by atoms with E-state index in [-0.39, 0.29) is 17.5 Å². The van der Waals surface area contributed by atoms with Crippen LogP contribution in [0, 0.1) is 0 Å². The standard InChI is InChI=1S/C17H26N2O2/c1-12(20)11-19(4)16(21)18-15-9-10-17(2,3)14-8-6-5-7-13(14)15/h5-8,12,15,20H,9-11H2,1-4H3,(H,18,21). The number of fused-ring (bicyclic) bond motifs is 1. The van der Waals surface area contributed by atoms with Gasteiger partial charge < -0.3 is 15.3 Å². The van der Waals surface area contributed by atoms with Gasteiger partial charge in [-0.2, -0.15) is 0 Å². The number of carbonyl (C=O) groups excluding carboxylic acids is 1. The fourth-order valence-corrected chi connectivity index (χ4v) is 3.10. The Bertz CT molecular complexity index is 511. The van der Waals surface area contributed by atoms with Crippen molar-refractivity contribution in [3.8, 4) is 0 Å². The molecule has 0 saturated heterocycles. The summed E-state index contributed by atoms with van der Waals surface area (Å²) in [6.07, 6.45) is 1.48. The van der Waals surface area contributed by atoms with Crippen LogP contribution in [0.4, 0.5) is 4.79 Å². The summed E-state index contributed by atoms with van der Waals surface area (Å²) in [6, 6.07) is 8.28. The number of urea groups is 1. The van der Waals surface area contributed by atoms with Crippen molar-refractivity contribution in [1.82, 2.24) is 10.2 Å². The maximum Gasteiger partial charge on any atom is 0.317 e. The summed E-state index contributed by atoms with van der Waals surface area (Å²) in [5.74, 6) is 0. The van der Waals surface area contributed by atoms with Gasteiger partial charge in [-0.15, -0.1) is 0 Å². The van der Waals surface area contributed by atoms with Crippen LogP contribution in [0.3, 0.4) is 0 Å². The van der Waals surface area contributed by atoms with Gasteiger partial charge in [0.2, 0.25) is 0 Å². The minimum Gasteiger partial charge on any atom is -0.392 e. The molecule has 0 saturated carbocycles. The van der Waals surface area contributed by atoms with Gasteiger partial charge >= 0.3 is 6.03 Å². The number of rotatable bonds is 3. The van der Waals surface area contributed by atoms with Crippen molar-refractivity contribution < 1.29 is 9.90 Å². The van der Waals surface area contributed by atoms with Crippen molar-refractivity contribution in [2.24, 2.45) is 0 Å². The highest BCUT2D eigenvalue weighted by Crippen LogP contribution is 2.41. The summed E-state index contributed by atoms with van der Waals surface area (Å²) < 4.78 is 0. The maximum absolute atomic E-state index is 12.2. The molecule has 0 fully saturated rings. The van der Waals surface area contributed by atoms with Gasteiger partial charge in [-0.25, -0.2) is 4.79 Å². The summed E-state index contributed by atoms with van der Waals surface area (Å²) in [5.41, 5.74) is 2.69. The Morgan fingerprint density at radius 2 is 2.14 bits per heavy atom. The normalized spacial score (nSPS) is 21.3. The lowest BCUT2D eigenvalue weighted by molar-refractivity contribution is 0.141. The zero-order chi connectivity index (χ0) is 15.6. The predicted octanol–water partition coefficient (Wildman–Crippen LogP) is 2.82. The monoisotopic (exact) mass is 290 g/mol. The van der Waals surface area contributed by atoms with Gasteiger partial charge in [0, 0.05) is 13.6 Å². The summed E-state index contributed by atoms with van der Waals surface area (Å²) in [4.78, 5) is 13.8. The molecule has 0 aromatic heterocycles. The molecular formula is C17H26N2O2. The highest BCUT2D eigenvalue weighted by molar-refractivity contribution is 5.74. The first-order valence-corrected chi connectivity index (χ1v) is 7.60. The van der Waals surface area contributed by atoms with E-state index >= 15 is 0 Å². The number of aliphatic hydroxyl groups is 1. The molecule has 116 valence electrons. The summed E-state index contributed by atoms with van der Waals surface area (Å²) in [7, 11) is 1.71. The van der Waals surface area contributed by atoms with Crippen LogP contribution in [-0.2, 0) is 5.41 Å². The summed E-state index contributed by atoms with van der Waals surface area (Å²) >= 11 is 0. The highest BCUT2D eigenvalue weighted by Gasteiger charge is 2.33. The molecule has 1 aromatic rings. The van der Waals surface area contributed by atoms with E-state index in [4.69, 9.17) is 0 Å². The number of likely N-dealkylation sites (N-methyl/N-ethyl adjacent to an activating group) is 1. The molecular weight excluding hydrogens is 264 g/mol. The molecule has 0 aliphatic heterocycles. The van der Waals surface area contributed by atoms with Crippen LogP contribution < -0.4 is 5.32 Å². The average molecular weight is 290 g/mol. The molecule has 1 aromatic carbocycles. The van der Waals surface area contributed by atoms with Crippen LogP contribution in [0.2, 0.25) is 0 Å². The number of carbonyl (C=O) groups is 1. The molecule has 2 unspecified atom stereocenters. The first kappa shape index (κ1) is 15.8. The average Bonchev–Trinajstić information content (AvgIpc) is 2.41. The van der Waals surface area contributed by atoms with E-state index in [1.807, 2.05) is 6.07 Å². The van der Waals surface area contributed by atoms with Gasteiger partial charge in [-0.1, -0.05) is 38.1 Å². The molecule has 0 spiro atoms. The Labute approximate surface area is 127 Å². The van der Waals surface area contributed by atoms with Crippen molar-refractivity contribution >= 4 is 6.03 Å². The molecule has 0 heterocycles. The quantitative estimate of drug-likeness (QED) is 0.899. The molecule has 1 aliphatic carbocycles. The molecule has 0 radical (unpaired) electrons. The second kappa shape index (κ2) is 6.06. The lowest BCUT2D eigenvalue weighted by Crippen LogP contribution is -2.44. The van der Waals surface area contributed by atoms with Gasteiger partial charge in [0.1, 0.15) is 0 Å². The van der Waals surface area contributed by atoms with E-state index in [1.165, 1.54) is 16.0 Å². The predicted molar refractivity (Wildman–Crippen MR) is 84.3 cm³/mol. The Hall–Kier alpha value is -1.55. The lowest BCUT2D eigenvalue weighted by Gasteiger charge is -2.38. The fraction of sp³-hybridized carbons (Fsp3) is 0.588. The molecule has 1 aliphatic rings. The molecule has 4 nitrogen and oxygen atoms in total. The molecule has 2 N–H and O–H groups in total. The maximum atomic E-state index is 12.2. The first-order chi connectivity index (χ1) is 9.81. The number of amides is 2. The Morgan fingerprint density at radius 1 is 1.48 bits per heavy atom. The van der Waals surface area contributed by atoms with Gasteiger partial charge in [-0.05, 0) is 36.3 Å². The first-order valence-electron chi connectivity index (χ1n) is 7.60. The summed E-state index contributed by atoms with van der Waals surface area (Å²) in [6.45, 7) is 6.53. The lowest BCUT2D eigenvalue weighted by atomic mass is 9.71. The topological polar surface area (TPSA) is 52.6 Å². The zero-order valence-electron chi connectivity index (χ0n) is 13.4. The number of benzene rings is 1. The van der Waals surface area contributed by atoms with Gasteiger partial charge in [-0.3, -0.25) is 0 Å². The molecule has 2 atom stereocenters. The van der Waals surface area contributed by atoms with E-state index < -0.39 is 6.10 Å². The van der Waals surface area contributed by atoms with E-state index in [0.29, 0.717) is 6.54 Å². The van der Waals surface area contributed by atoms with Crippen molar-refractivity contribution in [3.05, 3.63) is 35.4 Å². The van der Waals surface area contributed by atoms with Crippen LogP contribution in [-0.4, -0.2) is 35.7 Å². The van der Waals surface area contributed by atoms with E-state index in [1.54, 1.807) is 14.0 Å². The van der Waals surface area contributed by atoms with Crippen LogP contribution in [0.1, 0.15) is 50.8 Å². The zero-order valence-corrected chi connectivity index (χ0v) is 13.4. The highest BCUT2D eigenvalue weighted by atomic mass is 16.3. The van der Waals surface area contributed by atoms with Gasteiger partial charge in [0.25, 0.3) is 0 Å². The third-order valence-electron chi connectivity index (χ3n) is 4.31. The van der Waals surface area contributed by atoms with Crippen LogP contribution in [0.5, 0.6) is 0 Å². The second-order valence-corrected chi connectivity index (χ2v) is 6.74. The third-order valence-corrected chi connectivity index (χ3v) is 4.31. The Balaban J connectivity index is 2.14. The fourth-order valence-electron chi connectivity index (χ4n) is 3.10. The molecule has 4 heteroatoms. The summed E-state index contributed by atoms with van der Waals surface area (Å²) in [5, 5.41) is 12.5. The van der Waals surface area contributed by atoms with E-state index in [0.717, 1.165) is 12.8 Å². The SMILES string of the molecule is CC(O)CN(C)C(=O)NC1CCC(C)(C)c2ccccc21. The number of nitrogens with one attached hydrogen (secondary N) is 1. The Kier molecular flexibility index (Phi) is 4.57. The minimum absolute atomic E-state index is 0.0539. The minimum atomic E-state index is -0.515. The Morgan fingerprint density at radius 3 is 2.81 bits per heavy atom. The molecule has 21 heavy (non-hydrogen) atoms. The smallest absolute Gasteiger partial charge is 0.317 e. The van der Waals surface area contributed by atoms with Crippen molar-refractivity contribution in [2.45, 2.75) is 51.2 Å². The van der Waals surface area contributed by atoms with Crippen LogP contribution in [0.25, 0.3) is 0 Å². The third kappa shape index (κ3) is 3.56. The van der Waals surface area contributed by atoms with Crippen LogP contribution >= 0.6 is 0 Å². The number of nitrogens with zero attached hydrogens (tertiary/aromatic N) is 1.